The summed E-state index contributed by atoms with van der Waals surface area (Å²) in [6.07, 6.45) is 5.75. The molecule has 3 heteroatoms. The van der Waals surface area contributed by atoms with Crippen LogP contribution in [0.3, 0.4) is 0 Å². The molecule has 0 fully saturated rings. The number of rotatable bonds is 6. The summed E-state index contributed by atoms with van der Waals surface area (Å²) in [4.78, 5) is 7.58. The van der Waals surface area contributed by atoms with Crippen LogP contribution < -0.4 is 5.32 Å². The second-order valence-corrected chi connectivity index (χ2v) is 5.56. The van der Waals surface area contributed by atoms with Crippen LogP contribution in [0.2, 0.25) is 0 Å². The lowest BCUT2D eigenvalue weighted by Crippen LogP contribution is -2.26. The maximum Gasteiger partial charge on any atom is 0.107 e. The molecule has 0 saturated heterocycles. The van der Waals surface area contributed by atoms with E-state index in [0.717, 1.165) is 25.2 Å². The van der Waals surface area contributed by atoms with E-state index in [9.17, 15) is 0 Å². The van der Waals surface area contributed by atoms with E-state index in [2.05, 4.69) is 55.1 Å². The van der Waals surface area contributed by atoms with Gasteiger partial charge in [0.15, 0.2) is 0 Å². The van der Waals surface area contributed by atoms with Crippen molar-refractivity contribution in [2.75, 3.05) is 6.54 Å². The molecule has 1 unspecified atom stereocenters. The minimum absolute atomic E-state index is 0.321. The van der Waals surface area contributed by atoms with Gasteiger partial charge in [-0.1, -0.05) is 24.6 Å². The van der Waals surface area contributed by atoms with Gasteiger partial charge in [0.1, 0.15) is 5.82 Å². The molecule has 0 amide bonds. The Morgan fingerprint density at radius 1 is 1.20 bits per heavy atom. The SMILES string of the molecule is CCCNC(Cc1ncc[nH]1)c1c(C)cc(C)cc1C. The van der Waals surface area contributed by atoms with Gasteiger partial charge < -0.3 is 10.3 Å². The van der Waals surface area contributed by atoms with Crippen molar-refractivity contribution in [2.45, 2.75) is 46.6 Å². The molecule has 1 heterocycles. The Bertz CT molecular complexity index is 520. The first-order valence-corrected chi connectivity index (χ1v) is 7.41. The number of nitrogens with zero attached hydrogens (tertiary/aromatic N) is 1. The minimum Gasteiger partial charge on any atom is -0.349 e. The highest BCUT2D eigenvalue weighted by Gasteiger charge is 2.17. The summed E-state index contributed by atoms with van der Waals surface area (Å²) in [5.41, 5.74) is 5.47. The van der Waals surface area contributed by atoms with Gasteiger partial charge >= 0.3 is 0 Å². The standard InChI is InChI=1S/C17H25N3/c1-5-6-18-15(11-16-19-7-8-20-16)17-13(3)9-12(2)10-14(17)4/h7-10,15,18H,5-6,11H2,1-4H3,(H,19,20). The topological polar surface area (TPSA) is 40.7 Å². The number of nitrogens with one attached hydrogen (secondary N) is 2. The molecule has 2 aromatic rings. The van der Waals surface area contributed by atoms with E-state index >= 15 is 0 Å². The predicted octanol–water partition coefficient (Wildman–Crippen LogP) is 3.62. The molecule has 0 aliphatic rings. The third-order valence-electron chi connectivity index (χ3n) is 3.68. The van der Waals surface area contributed by atoms with Crippen LogP contribution in [0.15, 0.2) is 24.5 Å². The first-order chi connectivity index (χ1) is 9.61. The van der Waals surface area contributed by atoms with Crippen LogP contribution in [-0.2, 0) is 6.42 Å². The summed E-state index contributed by atoms with van der Waals surface area (Å²) in [6, 6.07) is 4.86. The van der Waals surface area contributed by atoms with E-state index in [1.54, 1.807) is 0 Å². The van der Waals surface area contributed by atoms with E-state index in [-0.39, 0.29) is 0 Å². The van der Waals surface area contributed by atoms with Crippen LogP contribution in [0.5, 0.6) is 0 Å². The highest BCUT2D eigenvalue weighted by molar-refractivity contribution is 5.40. The van der Waals surface area contributed by atoms with Crippen molar-refractivity contribution in [1.82, 2.24) is 15.3 Å². The molecule has 0 aliphatic carbocycles. The number of benzene rings is 1. The molecular weight excluding hydrogens is 246 g/mol. The number of aryl methyl sites for hydroxylation is 3. The molecule has 0 saturated carbocycles. The maximum absolute atomic E-state index is 4.37. The average molecular weight is 271 g/mol. The predicted molar refractivity (Wildman–Crippen MR) is 84.0 cm³/mol. The molecule has 0 spiro atoms. The Kier molecular flexibility index (Phi) is 4.96. The van der Waals surface area contributed by atoms with E-state index in [0.29, 0.717) is 6.04 Å². The van der Waals surface area contributed by atoms with Gasteiger partial charge in [0.2, 0.25) is 0 Å². The lowest BCUT2D eigenvalue weighted by Gasteiger charge is -2.23. The van der Waals surface area contributed by atoms with Crippen LogP contribution in [0, 0.1) is 20.8 Å². The normalized spacial score (nSPS) is 12.6. The number of aromatic nitrogens is 2. The third kappa shape index (κ3) is 3.48. The zero-order chi connectivity index (χ0) is 14.5. The molecule has 0 radical (unpaired) electrons. The number of hydrogen-bond acceptors (Lipinski definition) is 2. The number of hydrogen-bond donors (Lipinski definition) is 2. The summed E-state index contributed by atoms with van der Waals surface area (Å²) >= 11 is 0. The van der Waals surface area contributed by atoms with Gasteiger partial charge in [-0.15, -0.1) is 0 Å². The van der Waals surface area contributed by atoms with Gasteiger partial charge in [-0.2, -0.15) is 0 Å². The average Bonchev–Trinajstić information content (AvgIpc) is 2.87. The minimum atomic E-state index is 0.321. The first-order valence-electron chi connectivity index (χ1n) is 7.41. The Morgan fingerprint density at radius 2 is 1.90 bits per heavy atom. The Balaban J connectivity index is 2.30. The molecule has 20 heavy (non-hydrogen) atoms. The number of imidazole rings is 1. The van der Waals surface area contributed by atoms with Crippen molar-refractivity contribution >= 4 is 0 Å². The van der Waals surface area contributed by atoms with Crippen molar-refractivity contribution in [3.05, 3.63) is 52.6 Å². The van der Waals surface area contributed by atoms with Crippen LogP contribution in [-0.4, -0.2) is 16.5 Å². The quantitative estimate of drug-likeness (QED) is 0.842. The Hall–Kier alpha value is -1.61. The van der Waals surface area contributed by atoms with Crippen LogP contribution in [0.4, 0.5) is 0 Å². The van der Waals surface area contributed by atoms with Crippen molar-refractivity contribution in [3.8, 4) is 0 Å². The Morgan fingerprint density at radius 3 is 2.45 bits per heavy atom. The Labute approximate surface area is 121 Å². The van der Waals surface area contributed by atoms with E-state index in [4.69, 9.17) is 0 Å². The number of H-pyrrole nitrogens is 1. The fourth-order valence-electron chi connectivity index (χ4n) is 2.94. The molecule has 2 rings (SSSR count). The van der Waals surface area contributed by atoms with Gasteiger partial charge in [-0.3, -0.25) is 0 Å². The smallest absolute Gasteiger partial charge is 0.107 e. The monoisotopic (exact) mass is 271 g/mol. The van der Waals surface area contributed by atoms with Crippen LogP contribution in [0.1, 0.15) is 47.5 Å². The summed E-state index contributed by atoms with van der Waals surface area (Å²) in [7, 11) is 0. The largest absolute Gasteiger partial charge is 0.349 e. The van der Waals surface area contributed by atoms with Crippen molar-refractivity contribution in [3.63, 3.8) is 0 Å². The maximum atomic E-state index is 4.37. The van der Waals surface area contributed by atoms with Gasteiger partial charge in [-0.05, 0) is 50.4 Å². The summed E-state index contributed by atoms with van der Waals surface area (Å²) < 4.78 is 0. The van der Waals surface area contributed by atoms with Crippen molar-refractivity contribution < 1.29 is 0 Å². The molecule has 0 bridgehead atoms. The van der Waals surface area contributed by atoms with E-state index < -0.39 is 0 Å². The van der Waals surface area contributed by atoms with Crippen molar-refractivity contribution in [2.24, 2.45) is 0 Å². The molecule has 2 N–H and O–H groups in total. The first kappa shape index (κ1) is 14.8. The van der Waals surface area contributed by atoms with Crippen LogP contribution in [0.25, 0.3) is 0 Å². The molecule has 0 aliphatic heterocycles. The van der Waals surface area contributed by atoms with E-state index in [1.807, 2.05) is 12.4 Å². The summed E-state index contributed by atoms with van der Waals surface area (Å²) in [6.45, 7) is 9.80. The zero-order valence-corrected chi connectivity index (χ0v) is 13.0. The molecule has 1 aromatic carbocycles. The fourth-order valence-corrected chi connectivity index (χ4v) is 2.94. The lowest BCUT2D eigenvalue weighted by molar-refractivity contribution is 0.516. The van der Waals surface area contributed by atoms with Crippen molar-refractivity contribution in [1.29, 1.82) is 0 Å². The molecule has 3 nitrogen and oxygen atoms in total. The molecular formula is C17H25N3. The van der Waals surface area contributed by atoms with Gasteiger partial charge in [0, 0.05) is 24.9 Å². The van der Waals surface area contributed by atoms with Crippen LogP contribution >= 0.6 is 0 Å². The molecule has 108 valence electrons. The van der Waals surface area contributed by atoms with Gasteiger partial charge in [0.05, 0.1) is 0 Å². The summed E-state index contributed by atoms with van der Waals surface area (Å²) in [5, 5.41) is 3.67. The molecule has 1 aromatic heterocycles. The zero-order valence-electron chi connectivity index (χ0n) is 13.0. The number of aromatic amines is 1. The highest BCUT2D eigenvalue weighted by Crippen LogP contribution is 2.25. The van der Waals surface area contributed by atoms with Gasteiger partial charge in [-0.25, -0.2) is 4.98 Å². The second kappa shape index (κ2) is 6.71. The second-order valence-electron chi connectivity index (χ2n) is 5.56. The van der Waals surface area contributed by atoms with E-state index in [1.165, 1.54) is 22.3 Å². The fraction of sp³-hybridized carbons (Fsp3) is 0.471. The third-order valence-corrected chi connectivity index (χ3v) is 3.68. The highest BCUT2D eigenvalue weighted by atomic mass is 14.9. The molecule has 1 atom stereocenters. The summed E-state index contributed by atoms with van der Waals surface area (Å²) in [5.74, 6) is 1.04. The lowest BCUT2D eigenvalue weighted by atomic mass is 9.92. The van der Waals surface area contributed by atoms with Gasteiger partial charge in [0.25, 0.3) is 0 Å².